The third-order valence-electron chi connectivity index (χ3n) is 5.73. The van der Waals surface area contributed by atoms with Crippen LogP contribution < -0.4 is 20.1 Å². The molecule has 8 heteroatoms. The van der Waals surface area contributed by atoms with Crippen molar-refractivity contribution >= 4 is 23.2 Å². The summed E-state index contributed by atoms with van der Waals surface area (Å²) in [5, 5.41) is 26.4. The van der Waals surface area contributed by atoms with Crippen molar-refractivity contribution in [2.75, 3.05) is 24.9 Å². The molecule has 0 aliphatic carbocycles. The third-order valence-corrected chi connectivity index (χ3v) is 5.73. The van der Waals surface area contributed by atoms with Gasteiger partial charge in [-0.2, -0.15) is 0 Å². The standard InChI is InChI=1S/C29H26N2O6/c1-36-26-9-5-3-7-20(26)28(34)30-22-13-11-18(16-24(22)32)15-19-12-14-23(25(33)17-19)31-29(35)21-8-4-6-10-27(21)37-2/h3-14,16-17,32-33H,15H2,1-2H3,(H,30,34)(H,31,35). The molecule has 188 valence electrons. The van der Waals surface area contributed by atoms with E-state index in [1.54, 1.807) is 84.9 Å². The molecule has 0 heterocycles. The average molecular weight is 499 g/mol. The zero-order chi connectivity index (χ0) is 26.4. The number of aromatic hydroxyl groups is 2. The third kappa shape index (κ3) is 5.82. The van der Waals surface area contributed by atoms with E-state index in [1.165, 1.54) is 14.2 Å². The summed E-state index contributed by atoms with van der Waals surface area (Å²) in [6.07, 6.45) is 0.405. The molecule has 4 aromatic carbocycles. The van der Waals surface area contributed by atoms with Gasteiger partial charge in [0.1, 0.15) is 23.0 Å². The number of hydrogen-bond donors (Lipinski definition) is 4. The average Bonchev–Trinajstić information content (AvgIpc) is 2.91. The van der Waals surface area contributed by atoms with Crippen LogP contribution in [0.25, 0.3) is 0 Å². The summed E-state index contributed by atoms with van der Waals surface area (Å²) in [7, 11) is 2.97. The van der Waals surface area contributed by atoms with Crippen molar-refractivity contribution in [1.82, 2.24) is 0 Å². The number of nitrogens with one attached hydrogen (secondary N) is 2. The second kappa shape index (κ2) is 11.2. The number of amides is 2. The van der Waals surface area contributed by atoms with Crippen LogP contribution in [0.1, 0.15) is 31.8 Å². The number of ether oxygens (including phenoxy) is 2. The Labute approximate surface area is 214 Å². The van der Waals surface area contributed by atoms with Gasteiger partial charge in [0.05, 0.1) is 36.7 Å². The molecule has 0 aliphatic heterocycles. The summed E-state index contributed by atoms with van der Waals surface area (Å²) in [5.74, 6) is -0.138. The molecule has 8 nitrogen and oxygen atoms in total. The van der Waals surface area contributed by atoms with Crippen molar-refractivity contribution in [1.29, 1.82) is 0 Å². The molecular weight excluding hydrogens is 472 g/mol. The summed E-state index contributed by atoms with van der Waals surface area (Å²) < 4.78 is 10.4. The predicted octanol–water partition coefficient (Wildman–Crippen LogP) is 5.21. The molecule has 4 N–H and O–H groups in total. The summed E-state index contributed by atoms with van der Waals surface area (Å²) in [6, 6.07) is 23.5. The Bertz CT molecular complexity index is 1340. The van der Waals surface area contributed by atoms with Crippen LogP contribution in [0.4, 0.5) is 11.4 Å². The summed E-state index contributed by atoms with van der Waals surface area (Å²) in [5.41, 5.74) is 2.74. The number of carbonyl (C=O) groups is 2. The number of para-hydroxylation sites is 2. The van der Waals surface area contributed by atoms with E-state index in [4.69, 9.17) is 9.47 Å². The highest BCUT2D eigenvalue weighted by molar-refractivity contribution is 6.07. The molecule has 0 atom stereocenters. The maximum absolute atomic E-state index is 12.6. The van der Waals surface area contributed by atoms with Gasteiger partial charge in [-0.05, 0) is 66.1 Å². The zero-order valence-electron chi connectivity index (χ0n) is 20.3. The Balaban J connectivity index is 1.44. The first kappa shape index (κ1) is 25.1. The Morgan fingerprint density at radius 3 is 1.43 bits per heavy atom. The maximum atomic E-state index is 12.6. The fourth-order valence-corrected chi connectivity index (χ4v) is 3.87. The van der Waals surface area contributed by atoms with E-state index in [0.717, 1.165) is 11.1 Å². The lowest BCUT2D eigenvalue weighted by molar-refractivity contribution is 0.101. The Hall–Kier alpha value is -4.98. The fraction of sp³-hybridized carbons (Fsp3) is 0.103. The molecule has 0 saturated carbocycles. The van der Waals surface area contributed by atoms with Crippen LogP contribution in [0.15, 0.2) is 84.9 Å². The summed E-state index contributed by atoms with van der Waals surface area (Å²) in [4.78, 5) is 25.3. The molecule has 4 rings (SSSR count). The predicted molar refractivity (Wildman–Crippen MR) is 141 cm³/mol. The minimum absolute atomic E-state index is 0.0920. The van der Waals surface area contributed by atoms with Crippen LogP contribution in [0.2, 0.25) is 0 Å². The van der Waals surface area contributed by atoms with Crippen molar-refractivity contribution in [2.45, 2.75) is 6.42 Å². The minimum Gasteiger partial charge on any atom is -0.506 e. The second-order valence-electron chi connectivity index (χ2n) is 8.19. The molecule has 0 unspecified atom stereocenters. The highest BCUT2D eigenvalue weighted by Gasteiger charge is 2.15. The first-order valence-electron chi connectivity index (χ1n) is 11.4. The lowest BCUT2D eigenvalue weighted by atomic mass is 10.0. The van der Waals surface area contributed by atoms with Crippen LogP contribution in [0.3, 0.4) is 0 Å². The molecule has 37 heavy (non-hydrogen) atoms. The lowest BCUT2D eigenvalue weighted by Gasteiger charge is -2.13. The largest absolute Gasteiger partial charge is 0.506 e. The van der Waals surface area contributed by atoms with Crippen LogP contribution in [-0.4, -0.2) is 36.2 Å². The van der Waals surface area contributed by atoms with Crippen LogP contribution in [-0.2, 0) is 6.42 Å². The Kier molecular flexibility index (Phi) is 7.59. The van der Waals surface area contributed by atoms with Crippen molar-refractivity contribution in [3.8, 4) is 23.0 Å². The molecule has 2 amide bonds. The zero-order valence-corrected chi connectivity index (χ0v) is 20.3. The van der Waals surface area contributed by atoms with Gasteiger partial charge < -0.3 is 30.3 Å². The van der Waals surface area contributed by atoms with E-state index in [2.05, 4.69) is 10.6 Å². The van der Waals surface area contributed by atoms with Crippen molar-refractivity contribution in [2.24, 2.45) is 0 Å². The summed E-state index contributed by atoms with van der Waals surface area (Å²) in [6.45, 7) is 0. The molecular formula is C29H26N2O6. The van der Waals surface area contributed by atoms with Crippen molar-refractivity contribution < 1.29 is 29.3 Å². The van der Waals surface area contributed by atoms with Gasteiger partial charge in [0.2, 0.25) is 0 Å². The topological polar surface area (TPSA) is 117 Å². The minimum atomic E-state index is -0.406. The first-order valence-corrected chi connectivity index (χ1v) is 11.4. The number of phenolic OH excluding ortho intramolecular Hbond substituents is 2. The van der Waals surface area contributed by atoms with Gasteiger partial charge in [-0.1, -0.05) is 36.4 Å². The summed E-state index contributed by atoms with van der Waals surface area (Å²) >= 11 is 0. The number of anilines is 2. The number of rotatable bonds is 8. The highest BCUT2D eigenvalue weighted by Crippen LogP contribution is 2.30. The molecule has 0 bridgehead atoms. The smallest absolute Gasteiger partial charge is 0.259 e. The van der Waals surface area contributed by atoms with Gasteiger partial charge in [0.15, 0.2) is 0 Å². The molecule has 0 radical (unpaired) electrons. The van der Waals surface area contributed by atoms with Crippen LogP contribution >= 0.6 is 0 Å². The lowest BCUT2D eigenvalue weighted by Crippen LogP contribution is -2.13. The number of carbonyl (C=O) groups excluding carboxylic acids is 2. The van der Waals surface area contributed by atoms with Crippen molar-refractivity contribution in [3.05, 3.63) is 107 Å². The molecule has 4 aromatic rings. The number of phenols is 2. The van der Waals surface area contributed by atoms with Crippen LogP contribution in [0.5, 0.6) is 23.0 Å². The van der Waals surface area contributed by atoms with Gasteiger partial charge in [0.25, 0.3) is 11.8 Å². The van der Waals surface area contributed by atoms with E-state index in [-0.39, 0.29) is 22.9 Å². The molecule has 0 aliphatic rings. The quantitative estimate of drug-likeness (QED) is 0.248. The van der Waals surface area contributed by atoms with E-state index < -0.39 is 11.8 Å². The number of methoxy groups -OCH3 is 2. The van der Waals surface area contributed by atoms with E-state index >= 15 is 0 Å². The second-order valence-corrected chi connectivity index (χ2v) is 8.19. The van der Waals surface area contributed by atoms with Gasteiger partial charge in [0, 0.05) is 0 Å². The van der Waals surface area contributed by atoms with Gasteiger partial charge in [-0.15, -0.1) is 0 Å². The molecule has 0 spiro atoms. The Morgan fingerprint density at radius 1 is 0.649 bits per heavy atom. The van der Waals surface area contributed by atoms with E-state index in [1.807, 2.05) is 0 Å². The van der Waals surface area contributed by atoms with Crippen LogP contribution in [0, 0.1) is 0 Å². The molecule has 0 saturated heterocycles. The molecule has 0 fully saturated rings. The maximum Gasteiger partial charge on any atom is 0.259 e. The van der Waals surface area contributed by atoms with Gasteiger partial charge in [-0.3, -0.25) is 9.59 Å². The van der Waals surface area contributed by atoms with E-state index in [0.29, 0.717) is 29.0 Å². The molecule has 0 aromatic heterocycles. The fourth-order valence-electron chi connectivity index (χ4n) is 3.87. The Morgan fingerprint density at radius 2 is 1.05 bits per heavy atom. The van der Waals surface area contributed by atoms with E-state index in [9.17, 15) is 19.8 Å². The number of hydrogen-bond acceptors (Lipinski definition) is 6. The normalized spacial score (nSPS) is 10.4. The number of benzene rings is 4. The van der Waals surface area contributed by atoms with Gasteiger partial charge in [-0.25, -0.2) is 0 Å². The van der Waals surface area contributed by atoms with Gasteiger partial charge >= 0.3 is 0 Å². The highest BCUT2D eigenvalue weighted by atomic mass is 16.5. The van der Waals surface area contributed by atoms with Crippen molar-refractivity contribution in [3.63, 3.8) is 0 Å². The first-order chi connectivity index (χ1) is 17.9. The SMILES string of the molecule is COc1ccccc1C(=O)Nc1ccc(Cc2ccc(NC(=O)c3ccccc3OC)c(O)c2)cc1O. The monoisotopic (exact) mass is 498 g/mol.